The van der Waals surface area contributed by atoms with E-state index in [0.717, 1.165) is 19.5 Å². The second-order valence-corrected chi connectivity index (χ2v) is 7.91. The third-order valence-electron chi connectivity index (χ3n) is 5.58. The molecule has 1 aromatic rings. The zero-order valence-corrected chi connectivity index (χ0v) is 17.7. The zero-order valence-electron chi connectivity index (χ0n) is 16.1. The lowest BCUT2D eigenvalue weighted by atomic mass is 9.80. The molecular weight excluding hydrogens is 390 g/mol. The van der Waals surface area contributed by atoms with Gasteiger partial charge in [-0.05, 0) is 24.0 Å². The third kappa shape index (κ3) is 5.70. The fraction of sp³-hybridized carbons (Fsp3) is 0.632. The third-order valence-corrected chi connectivity index (χ3v) is 5.58. The van der Waals surface area contributed by atoms with Gasteiger partial charge in [0.15, 0.2) is 0 Å². The maximum absolute atomic E-state index is 13.9. The van der Waals surface area contributed by atoms with Gasteiger partial charge in [0.05, 0.1) is 12.2 Å². The normalized spacial score (nSPS) is 22.6. The van der Waals surface area contributed by atoms with Gasteiger partial charge in [-0.3, -0.25) is 9.69 Å². The van der Waals surface area contributed by atoms with Crippen LogP contribution < -0.4 is 10.6 Å². The molecule has 5 nitrogen and oxygen atoms in total. The molecular formula is C19H31Cl2FN4O. The number of hydrogen-bond donors (Lipinski definition) is 1. The molecule has 0 radical (unpaired) electrons. The van der Waals surface area contributed by atoms with E-state index in [1.165, 1.54) is 6.07 Å². The highest BCUT2D eigenvalue weighted by molar-refractivity contribution is 5.85. The maximum atomic E-state index is 13.9. The van der Waals surface area contributed by atoms with Crippen LogP contribution in [0.2, 0.25) is 0 Å². The summed E-state index contributed by atoms with van der Waals surface area (Å²) in [6.45, 7) is 9.15. The SMILES string of the molecule is CC1(C)CN(CC(=O)N2CCN(c3ccccc3F)CC2)CCC1N.Cl.Cl. The Morgan fingerprint density at radius 2 is 1.78 bits per heavy atom. The number of piperidine rings is 1. The summed E-state index contributed by atoms with van der Waals surface area (Å²) >= 11 is 0. The molecule has 0 bridgehead atoms. The minimum atomic E-state index is -0.200. The summed E-state index contributed by atoms with van der Waals surface area (Å²) in [6.07, 6.45) is 0.932. The molecule has 1 amide bonds. The summed E-state index contributed by atoms with van der Waals surface area (Å²) in [5.74, 6) is -0.0337. The molecule has 1 atom stereocenters. The highest BCUT2D eigenvalue weighted by Crippen LogP contribution is 2.27. The van der Waals surface area contributed by atoms with Crippen LogP contribution >= 0.6 is 24.8 Å². The van der Waals surface area contributed by atoms with Crippen molar-refractivity contribution in [1.29, 1.82) is 0 Å². The number of nitrogens with two attached hydrogens (primary N) is 1. The van der Waals surface area contributed by atoms with Crippen molar-refractivity contribution in [2.24, 2.45) is 11.1 Å². The number of benzene rings is 1. The Balaban J connectivity index is 0.00000182. The smallest absolute Gasteiger partial charge is 0.236 e. The summed E-state index contributed by atoms with van der Waals surface area (Å²) in [4.78, 5) is 18.8. The Morgan fingerprint density at radius 3 is 2.37 bits per heavy atom. The molecule has 27 heavy (non-hydrogen) atoms. The van der Waals surface area contributed by atoms with E-state index in [2.05, 4.69) is 18.7 Å². The van der Waals surface area contributed by atoms with Crippen molar-refractivity contribution in [1.82, 2.24) is 9.80 Å². The van der Waals surface area contributed by atoms with E-state index < -0.39 is 0 Å². The molecule has 2 fully saturated rings. The minimum absolute atomic E-state index is 0. The highest BCUT2D eigenvalue weighted by atomic mass is 35.5. The fourth-order valence-electron chi connectivity index (χ4n) is 3.82. The van der Waals surface area contributed by atoms with Crippen LogP contribution in [-0.2, 0) is 4.79 Å². The van der Waals surface area contributed by atoms with E-state index in [4.69, 9.17) is 5.73 Å². The largest absolute Gasteiger partial charge is 0.366 e. The topological polar surface area (TPSA) is 52.8 Å². The highest BCUT2D eigenvalue weighted by Gasteiger charge is 2.34. The molecule has 2 N–H and O–H groups in total. The summed E-state index contributed by atoms with van der Waals surface area (Å²) in [6, 6.07) is 7.02. The predicted molar refractivity (Wildman–Crippen MR) is 113 cm³/mol. The molecule has 1 unspecified atom stereocenters. The quantitative estimate of drug-likeness (QED) is 0.815. The van der Waals surface area contributed by atoms with Gasteiger partial charge in [0.1, 0.15) is 5.82 Å². The van der Waals surface area contributed by atoms with Gasteiger partial charge in [-0.1, -0.05) is 26.0 Å². The van der Waals surface area contributed by atoms with E-state index in [-0.39, 0.29) is 48.0 Å². The second kappa shape index (κ2) is 9.92. The predicted octanol–water partition coefficient (Wildman–Crippen LogP) is 2.38. The summed E-state index contributed by atoms with van der Waals surface area (Å²) < 4.78 is 13.9. The van der Waals surface area contributed by atoms with Gasteiger partial charge in [0, 0.05) is 45.3 Å². The first kappa shape index (κ1) is 24.0. The van der Waals surface area contributed by atoms with E-state index >= 15 is 0 Å². The van der Waals surface area contributed by atoms with Crippen LogP contribution in [-0.4, -0.2) is 67.6 Å². The molecule has 2 aliphatic rings. The number of carbonyl (C=O) groups is 1. The van der Waals surface area contributed by atoms with Crippen molar-refractivity contribution in [3.05, 3.63) is 30.1 Å². The molecule has 8 heteroatoms. The molecule has 3 rings (SSSR count). The monoisotopic (exact) mass is 420 g/mol. The second-order valence-electron chi connectivity index (χ2n) is 7.91. The zero-order chi connectivity index (χ0) is 18.0. The number of carbonyl (C=O) groups excluding carboxylic acids is 1. The van der Waals surface area contributed by atoms with Crippen LogP contribution in [0.15, 0.2) is 24.3 Å². The summed E-state index contributed by atoms with van der Waals surface area (Å²) in [5, 5.41) is 0. The number of para-hydroxylation sites is 1. The molecule has 154 valence electrons. The number of anilines is 1. The Kier molecular flexibility index (Phi) is 8.80. The lowest BCUT2D eigenvalue weighted by Gasteiger charge is -2.43. The van der Waals surface area contributed by atoms with Crippen molar-refractivity contribution in [3.8, 4) is 0 Å². The van der Waals surface area contributed by atoms with Crippen LogP contribution in [0.25, 0.3) is 0 Å². The first-order valence-electron chi connectivity index (χ1n) is 9.12. The molecule has 2 aliphatic heterocycles. The Hall–Kier alpha value is -1.08. The van der Waals surface area contributed by atoms with Gasteiger partial charge in [-0.25, -0.2) is 4.39 Å². The van der Waals surface area contributed by atoms with Gasteiger partial charge in [-0.2, -0.15) is 0 Å². The van der Waals surface area contributed by atoms with Gasteiger partial charge in [0.2, 0.25) is 5.91 Å². The van der Waals surface area contributed by atoms with Crippen molar-refractivity contribution >= 4 is 36.4 Å². The van der Waals surface area contributed by atoms with Crippen molar-refractivity contribution in [3.63, 3.8) is 0 Å². The minimum Gasteiger partial charge on any atom is -0.366 e. The van der Waals surface area contributed by atoms with Gasteiger partial charge in [0.25, 0.3) is 0 Å². The number of likely N-dealkylation sites (tertiary alicyclic amines) is 1. The first-order valence-corrected chi connectivity index (χ1v) is 9.12. The Bertz CT molecular complexity index is 623. The number of hydrogen-bond acceptors (Lipinski definition) is 4. The van der Waals surface area contributed by atoms with Crippen LogP contribution in [0.4, 0.5) is 10.1 Å². The van der Waals surface area contributed by atoms with Crippen LogP contribution in [0, 0.1) is 11.2 Å². The molecule has 2 heterocycles. The average molecular weight is 421 g/mol. The first-order chi connectivity index (χ1) is 11.9. The molecule has 0 aromatic heterocycles. The number of halogens is 3. The summed E-state index contributed by atoms with van der Waals surface area (Å²) in [7, 11) is 0. The molecule has 2 saturated heterocycles. The fourth-order valence-corrected chi connectivity index (χ4v) is 3.82. The number of amides is 1. The van der Waals surface area contributed by atoms with Crippen molar-refractivity contribution in [2.45, 2.75) is 26.3 Å². The van der Waals surface area contributed by atoms with E-state index in [1.807, 2.05) is 15.9 Å². The Labute approximate surface area is 173 Å². The van der Waals surface area contributed by atoms with Crippen LogP contribution in [0.5, 0.6) is 0 Å². The van der Waals surface area contributed by atoms with Crippen LogP contribution in [0.1, 0.15) is 20.3 Å². The van der Waals surface area contributed by atoms with Gasteiger partial charge >= 0.3 is 0 Å². The molecule has 1 aromatic carbocycles. The number of nitrogens with zero attached hydrogens (tertiary/aromatic N) is 3. The molecule has 0 saturated carbocycles. The van der Waals surface area contributed by atoms with Crippen molar-refractivity contribution < 1.29 is 9.18 Å². The van der Waals surface area contributed by atoms with Gasteiger partial charge in [-0.15, -0.1) is 24.8 Å². The van der Waals surface area contributed by atoms with Crippen LogP contribution in [0.3, 0.4) is 0 Å². The van der Waals surface area contributed by atoms with E-state index in [0.29, 0.717) is 38.4 Å². The maximum Gasteiger partial charge on any atom is 0.236 e. The standard InChI is InChI=1S/C19H29FN4O.2ClH/c1-19(2)14-22(8-7-17(19)21)13-18(25)24-11-9-23(10-12-24)16-6-4-3-5-15(16)20;;/h3-6,17H,7-14,21H2,1-2H3;2*1H. The average Bonchev–Trinajstić information content (AvgIpc) is 2.58. The summed E-state index contributed by atoms with van der Waals surface area (Å²) in [5.41, 5.74) is 6.84. The number of piperazine rings is 1. The molecule has 0 aliphatic carbocycles. The molecule has 0 spiro atoms. The number of rotatable bonds is 3. The lowest BCUT2D eigenvalue weighted by Crippen LogP contribution is -2.56. The Morgan fingerprint density at radius 1 is 1.15 bits per heavy atom. The van der Waals surface area contributed by atoms with E-state index in [1.54, 1.807) is 12.1 Å². The van der Waals surface area contributed by atoms with E-state index in [9.17, 15) is 9.18 Å². The van der Waals surface area contributed by atoms with Gasteiger partial charge < -0.3 is 15.5 Å². The lowest BCUT2D eigenvalue weighted by molar-refractivity contribution is -0.133. The van der Waals surface area contributed by atoms with Crippen molar-refractivity contribution in [2.75, 3.05) is 50.7 Å².